The van der Waals surface area contributed by atoms with Crippen molar-refractivity contribution >= 4 is 0 Å². The summed E-state index contributed by atoms with van der Waals surface area (Å²) < 4.78 is 24.6. The fraction of sp³-hybridized carbons (Fsp3) is 0.294. The highest BCUT2D eigenvalue weighted by atomic mass is 19.1. The molecule has 0 radical (unpaired) electrons. The van der Waals surface area contributed by atoms with Crippen LogP contribution in [0.4, 0.5) is 4.39 Å². The quantitative estimate of drug-likeness (QED) is 0.921. The first-order chi connectivity index (χ1) is 10.1. The number of ether oxygens (including phenoxy) is 2. The van der Waals surface area contributed by atoms with E-state index in [4.69, 9.17) is 15.2 Å². The monoisotopic (exact) mass is 287 g/mol. The van der Waals surface area contributed by atoms with E-state index in [0.29, 0.717) is 18.8 Å². The van der Waals surface area contributed by atoms with E-state index in [1.54, 1.807) is 19.1 Å². The van der Waals surface area contributed by atoms with E-state index < -0.39 is 0 Å². The number of aryl methyl sites for hydroxylation is 1. The lowest BCUT2D eigenvalue weighted by atomic mass is 9.97. The zero-order chi connectivity index (χ0) is 14.8. The van der Waals surface area contributed by atoms with E-state index in [1.165, 1.54) is 6.07 Å². The second-order valence-corrected chi connectivity index (χ2v) is 5.24. The predicted octanol–water partition coefficient (Wildman–Crippen LogP) is 3.34. The van der Waals surface area contributed by atoms with Crippen molar-refractivity contribution in [2.75, 3.05) is 13.2 Å². The van der Waals surface area contributed by atoms with Gasteiger partial charge in [0.05, 0.1) is 19.3 Å². The van der Waals surface area contributed by atoms with Crippen molar-refractivity contribution in [2.45, 2.75) is 19.4 Å². The van der Waals surface area contributed by atoms with Gasteiger partial charge in [-0.05, 0) is 41.8 Å². The molecule has 110 valence electrons. The predicted molar refractivity (Wildman–Crippen MR) is 79.2 cm³/mol. The molecule has 1 heterocycles. The van der Waals surface area contributed by atoms with E-state index in [2.05, 4.69) is 0 Å². The highest BCUT2D eigenvalue weighted by Gasteiger charge is 2.15. The summed E-state index contributed by atoms with van der Waals surface area (Å²) in [6.07, 6.45) is 0.868. The van der Waals surface area contributed by atoms with Crippen LogP contribution in [0.2, 0.25) is 0 Å². The Balaban J connectivity index is 1.92. The van der Waals surface area contributed by atoms with E-state index in [1.807, 2.05) is 18.2 Å². The zero-order valence-corrected chi connectivity index (χ0v) is 11.9. The first kappa shape index (κ1) is 13.9. The zero-order valence-electron chi connectivity index (χ0n) is 11.9. The molecule has 0 aromatic heterocycles. The standard InChI is InChI=1S/C17H18FNO2/c1-11-9-12(3-5-14(11)18)17(19)13-4-6-15-16(10-13)21-8-2-7-20-15/h3-6,9-10,17H,2,7-8,19H2,1H3. The third-order valence-electron chi connectivity index (χ3n) is 3.67. The molecule has 0 bridgehead atoms. The van der Waals surface area contributed by atoms with Gasteiger partial charge in [-0.15, -0.1) is 0 Å². The molecule has 0 fully saturated rings. The smallest absolute Gasteiger partial charge is 0.161 e. The van der Waals surface area contributed by atoms with Gasteiger partial charge in [0, 0.05) is 6.42 Å². The Morgan fingerprint density at radius 3 is 2.43 bits per heavy atom. The fourth-order valence-electron chi connectivity index (χ4n) is 2.43. The van der Waals surface area contributed by atoms with Crippen LogP contribution in [0.1, 0.15) is 29.2 Å². The van der Waals surface area contributed by atoms with Gasteiger partial charge in [0.15, 0.2) is 11.5 Å². The summed E-state index contributed by atoms with van der Waals surface area (Å²) in [4.78, 5) is 0. The topological polar surface area (TPSA) is 44.5 Å². The van der Waals surface area contributed by atoms with Crippen LogP contribution in [0.25, 0.3) is 0 Å². The minimum atomic E-state index is -0.318. The average Bonchev–Trinajstić information content (AvgIpc) is 2.73. The molecule has 3 nitrogen and oxygen atoms in total. The molecular formula is C17H18FNO2. The molecule has 1 unspecified atom stereocenters. The molecule has 3 rings (SSSR count). The molecular weight excluding hydrogens is 269 g/mol. The number of fused-ring (bicyclic) bond motifs is 1. The summed E-state index contributed by atoms with van der Waals surface area (Å²) in [5.74, 6) is 1.25. The highest BCUT2D eigenvalue weighted by Crippen LogP contribution is 2.33. The summed E-state index contributed by atoms with van der Waals surface area (Å²) >= 11 is 0. The van der Waals surface area contributed by atoms with Gasteiger partial charge in [0.2, 0.25) is 0 Å². The lowest BCUT2D eigenvalue weighted by Crippen LogP contribution is -2.12. The van der Waals surface area contributed by atoms with E-state index in [-0.39, 0.29) is 11.9 Å². The van der Waals surface area contributed by atoms with Crippen LogP contribution in [-0.4, -0.2) is 13.2 Å². The van der Waals surface area contributed by atoms with Crippen LogP contribution >= 0.6 is 0 Å². The number of rotatable bonds is 2. The Labute approximate surface area is 123 Å². The molecule has 4 heteroatoms. The van der Waals surface area contributed by atoms with Crippen molar-refractivity contribution in [2.24, 2.45) is 5.73 Å². The van der Waals surface area contributed by atoms with Crippen LogP contribution in [0, 0.1) is 12.7 Å². The van der Waals surface area contributed by atoms with Crippen LogP contribution in [0.3, 0.4) is 0 Å². The molecule has 0 saturated carbocycles. The maximum Gasteiger partial charge on any atom is 0.161 e. The summed E-state index contributed by atoms with van der Waals surface area (Å²) in [5.41, 5.74) is 8.68. The van der Waals surface area contributed by atoms with Crippen molar-refractivity contribution < 1.29 is 13.9 Å². The van der Waals surface area contributed by atoms with Crippen LogP contribution in [-0.2, 0) is 0 Å². The van der Waals surface area contributed by atoms with Gasteiger partial charge in [-0.3, -0.25) is 0 Å². The molecule has 2 aromatic rings. The maximum atomic E-state index is 13.4. The molecule has 1 aliphatic heterocycles. The highest BCUT2D eigenvalue weighted by molar-refractivity contribution is 5.46. The second kappa shape index (κ2) is 5.74. The summed E-state index contributed by atoms with van der Waals surface area (Å²) in [7, 11) is 0. The second-order valence-electron chi connectivity index (χ2n) is 5.24. The number of nitrogens with two attached hydrogens (primary N) is 1. The minimum Gasteiger partial charge on any atom is -0.490 e. The number of hydrogen-bond donors (Lipinski definition) is 1. The molecule has 2 N–H and O–H groups in total. The molecule has 0 amide bonds. The third-order valence-corrected chi connectivity index (χ3v) is 3.67. The van der Waals surface area contributed by atoms with Gasteiger partial charge >= 0.3 is 0 Å². The van der Waals surface area contributed by atoms with E-state index >= 15 is 0 Å². The normalized spacial score (nSPS) is 15.4. The Hall–Kier alpha value is -2.07. The third kappa shape index (κ3) is 2.85. The van der Waals surface area contributed by atoms with Crippen LogP contribution in [0.15, 0.2) is 36.4 Å². The first-order valence-corrected chi connectivity index (χ1v) is 7.06. The fourth-order valence-corrected chi connectivity index (χ4v) is 2.43. The average molecular weight is 287 g/mol. The molecule has 0 spiro atoms. The minimum absolute atomic E-state index is 0.218. The van der Waals surface area contributed by atoms with Gasteiger partial charge in [0.1, 0.15) is 5.82 Å². The maximum absolute atomic E-state index is 13.4. The molecule has 0 saturated heterocycles. The van der Waals surface area contributed by atoms with Gasteiger partial charge < -0.3 is 15.2 Å². The molecule has 1 aliphatic rings. The van der Waals surface area contributed by atoms with Crippen molar-refractivity contribution in [1.29, 1.82) is 0 Å². The SMILES string of the molecule is Cc1cc(C(N)c2ccc3c(c2)OCCCO3)ccc1F. The van der Waals surface area contributed by atoms with E-state index in [9.17, 15) is 4.39 Å². The van der Waals surface area contributed by atoms with Gasteiger partial charge in [0.25, 0.3) is 0 Å². The van der Waals surface area contributed by atoms with Crippen LogP contribution in [0.5, 0.6) is 11.5 Å². The van der Waals surface area contributed by atoms with Gasteiger partial charge in [-0.1, -0.05) is 18.2 Å². The van der Waals surface area contributed by atoms with Gasteiger partial charge in [-0.2, -0.15) is 0 Å². The molecule has 2 aromatic carbocycles. The molecule has 21 heavy (non-hydrogen) atoms. The number of hydrogen-bond acceptors (Lipinski definition) is 3. The van der Waals surface area contributed by atoms with Crippen molar-refractivity contribution in [3.05, 3.63) is 58.9 Å². The molecule has 1 atom stereocenters. The Morgan fingerprint density at radius 2 is 1.67 bits per heavy atom. The first-order valence-electron chi connectivity index (χ1n) is 7.06. The number of halogens is 1. The summed E-state index contributed by atoms with van der Waals surface area (Å²) in [6, 6.07) is 10.3. The lowest BCUT2D eigenvalue weighted by Gasteiger charge is -2.16. The van der Waals surface area contributed by atoms with Crippen molar-refractivity contribution in [3.63, 3.8) is 0 Å². The Bertz CT molecular complexity index is 657. The van der Waals surface area contributed by atoms with Gasteiger partial charge in [-0.25, -0.2) is 4.39 Å². The van der Waals surface area contributed by atoms with Crippen LogP contribution < -0.4 is 15.2 Å². The largest absolute Gasteiger partial charge is 0.490 e. The Kier molecular flexibility index (Phi) is 3.80. The number of benzene rings is 2. The van der Waals surface area contributed by atoms with Crippen molar-refractivity contribution in [1.82, 2.24) is 0 Å². The lowest BCUT2D eigenvalue weighted by molar-refractivity contribution is 0.297. The van der Waals surface area contributed by atoms with Crippen molar-refractivity contribution in [3.8, 4) is 11.5 Å². The Morgan fingerprint density at radius 1 is 1.00 bits per heavy atom. The summed E-state index contributed by atoms with van der Waals surface area (Å²) in [6.45, 7) is 3.04. The molecule has 0 aliphatic carbocycles. The summed E-state index contributed by atoms with van der Waals surface area (Å²) in [5, 5.41) is 0. The van der Waals surface area contributed by atoms with E-state index in [0.717, 1.165) is 29.0 Å².